The van der Waals surface area contributed by atoms with Crippen LogP contribution in [0.15, 0.2) is 35.7 Å². The lowest BCUT2D eigenvalue weighted by molar-refractivity contribution is 0.412. The van der Waals surface area contributed by atoms with Crippen LogP contribution in [-0.2, 0) is 13.0 Å². The van der Waals surface area contributed by atoms with Crippen LogP contribution in [-0.4, -0.2) is 13.2 Å². The second-order valence-electron chi connectivity index (χ2n) is 4.71. The zero-order valence-corrected chi connectivity index (χ0v) is 12.5. The number of thiophene rings is 1. The molecule has 2 aromatic rings. The molecular formula is C16H18N2OS. The number of methoxy groups -OCH3 is 1. The SMILES string of the molecule is COc1cc(CNC(C)Cc2cccs2)ccc1C#N. The molecule has 3 nitrogen and oxygen atoms in total. The number of hydrogen-bond donors (Lipinski definition) is 1. The molecule has 0 radical (unpaired) electrons. The van der Waals surface area contributed by atoms with Crippen molar-refractivity contribution in [3.8, 4) is 11.8 Å². The molecule has 2 rings (SSSR count). The number of nitrogens with zero attached hydrogens (tertiary/aromatic N) is 1. The number of nitriles is 1. The standard InChI is InChI=1S/C16H18N2OS/c1-12(8-15-4-3-7-20-15)18-11-13-5-6-14(10-17)16(9-13)19-2/h3-7,9,12,18H,8,11H2,1-2H3. The second kappa shape index (κ2) is 7.09. The first-order valence-electron chi connectivity index (χ1n) is 6.55. The Morgan fingerprint density at radius 1 is 1.40 bits per heavy atom. The van der Waals surface area contributed by atoms with E-state index in [2.05, 4.69) is 35.8 Å². The summed E-state index contributed by atoms with van der Waals surface area (Å²) >= 11 is 1.79. The fourth-order valence-electron chi connectivity index (χ4n) is 2.03. The Hall–Kier alpha value is -1.83. The van der Waals surface area contributed by atoms with Crippen molar-refractivity contribution >= 4 is 11.3 Å². The lowest BCUT2D eigenvalue weighted by atomic mass is 10.1. The first kappa shape index (κ1) is 14.6. The van der Waals surface area contributed by atoms with E-state index < -0.39 is 0 Å². The van der Waals surface area contributed by atoms with Crippen LogP contribution >= 0.6 is 11.3 Å². The first-order chi connectivity index (χ1) is 9.72. The van der Waals surface area contributed by atoms with Crippen molar-refractivity contribution in [3.05, 3.63) is 51.7 Å². The Morgan fingerprint density at radius 3 is 2.90 bits per heavy atom. The Labute approximate surface area is 123 Å². The Bertz CT molecular complexity index is 587. The van der Waals surface area contributed by atoms with E-state index in [1.807, 2.05) is 12.1 Å². The minimum absolute atomic E-state index is 0.412. The Morgan fingerprint density at radius 2 is 2.25 bits per heavy atom. The van der Waals surface area contributed by atoms with Gasteiger partial charge in [0.15, 0.2) is 0 Å². The van der Waals surface area contributed by atoms with Gasteiger partial charge in [-0.15, -0.1) is 11.3 Å². The highest BCUT2D eigenvalue weighted by Crippen LogP contribution is 2.19. The molecule has 0 fully saturated rings. The average Bonchev–Trinajstić information content (AvgIpc) is 2.97. The van der Waals surface area contributed by atoms with Crippen LogP contribution in [0.25, 0.3) is 0 Å². The third-order valence-corrected chi connectivity index (χ3v) is 4.03. The highest BCUT2D eigenvalue weighted by molar-refractivity contribution is 7.09. The normalized spacial score (nSPS) is 11.8. The van der Waals surface area contributed by atoms with Gasteiger partial charge >= 0.3 is 0 Å². The molecule has 0 spiro atoms. The van der Waals surface area contributed by atoms with E-state index in [1.54, 1.807) is 24.5 Å². The fourth-order valence-corrected chi connectivity index (χ4v) is 2.87. The number of benzene rings is 1. The molecule has 0 bridgehead atoms. The number of hydrogen-bond acceptors (Lipinski definition) is 4. The molecule has 0 aliphatic heterocycles. The maximum atomic E-state index is 8.96. The summed E-state index contributed by atoms with van der Waals surface area (Å²) in [6.07, 6.45) is 1.03. The predicted octanol–water partition coefficient (Wildman–Crippen LogP) is 3.35. The largest absolute Gasteiger partial charge is 0.495 e. The van der Waals surface area contributed by atoms with Crippen molar-refractivity contribution < 1.29 is 4.74 Å². The minimum Gasteiger partial charge on any atom is -0.495 e. The number of rotatable bonds is 6. The van der Waals surface area contributed by atoms with Gasteiger partial charge in [-0.3, -0.25) is 0 Å². The lowest BCUT2D eigenvalue weighted by Crippen LogP contribution is -2.27. The van der Waals surface area contributed by atoms with Crippen LogP contribution in [0.1, 0.15) is 22.9 Å². The number of ether oxygens (including phenoxy) is 1. The van der Waals surface area contributed by atoms with Crippen molar-refractivity contribution in [2.75, 3.05) is 7.11 Å². The van der Waals surface area contributed by atoms with Gasteiger partial charge in [0.05, 0.1) is 12.7 Å². The molecule has 104 valence electrons. The summed E-state index contributed by atoms with van der Waals surface area (Å²) in [6, 6.07) is 12.5. The molecule has 0 aliphatic carbocycles. The zero-order valence-electron chi connectivity index (χ0n) is 11.7. The van der Waals surface area contributed by atoms with Gasteiger partial charge in [-0.1, -0.05) is 12.1 Å². The third kappa shape index (κ3) is 3.83. The van der Waals surface area contributed by atoms with Gasteiger partial charge in [0.2, 0.25) is 0 Å². The van der Waals surface area contributed by atoms with E-state index in [1.165, 1.54) is 4.88 Å². The summed E-state index contributed by atoms with van der Waals surface area (Å²) in [5, 5.41) is 14.6. The van der Waals surface area contributed by atoms with E-state index in [-0.39, 0.29) is 0 Å². The van der Waals surface area contributed by atoms with Crippen LogP contribution in [0, 0.1) is 11.3 Å². The molecule has 20 heavy (non-hydrogen) atoms. The smallest absolute Gasteiger partial charge is 0.136 e. The van der Waals surface area contributed by atoms with E-state index >= 15 is 0 Å². The predicted molar refractivity (Wildman–Crippen MR) is 82.0 cm³/mol. The van der Waals surface area contributed by atoms with Gasteiger partial charge in [-0.2, -0.15) is 5.26 Å². The van der Waals surface area contributed by atoms with Gasteiger partial charge in [0, 0.05) is 17.5 Å². The van der Waals surface area contributed by atoms with Gasteiger partial charge in [0.1, 0.15) is 11.8 Å². The summed E-state index contributed by atoms with van der Waals surface area (Å²) in [5.74, 6) is 0.637. The van der Waals surface area contributed by atoms with Gasteiger partial charge in [-0.25, -0.2) is 0 Å². The van der Waals surface area contributed by atoms with E-state index in [4.69, 9.17) is 10.00 Å². The Kier molecular flexibility index (Phi) is 5.16. The summed E-state index contributed by atoms with van der Waals surface area (Å²) in [4.78, 5) is 1.39. The summed E-state index contributed by atoms with van der Waals surface area (Å²) in [5.41, 5.74) is 1.70. The highest BCUT2D eigenvalue weighted by Gasteiger charge is 2.06. The molecule has 0 saturated carbocycles. The van der Waals surface area contributed by atoms with Crippen LogP contribution < -0.4 is 10.1 Å². The van der Waals surface area contributed by atoms with Crippen molar-refractivity contribution in [1.29, 1.82) is 5.26 Å². The molecular weight excluding hydrogens is 268 g/mol. The quantitative estimate of drug-likeness (QED) is 0.885. The van der Waals surface area contributed by atoms with E-state index in [0.29, 0.717) is 17.4 Å². The van der Waals surface area contributed by atoms with Gasteiger partial charge in [-0.05, 0) is 42.5 Å². The molecule has 1 heterocycles. The Balaban J connectivity index is 1.92. The van der Waals surface area contributed by atoms with Crippen molar-refractivity contribution in [2.24, 2.45) is 0 Å². The molecule has 1 N–H and O–H groups in total. The fraction of sp³-hybridized carbons (Fsp3) is 0.312. The number of nitrogens with one attached hydrogen (secondary N) is 1. The lowest BCUT2D eigenvalue weighted by Gasteiger charge is -2.13. The maximum Gasteiger partial charge on any atom is 0.136 e. The summed E-state index contributed by atoms with van der Waals surface area (Å²) in [6.45, 7) is 2.95. The van der Waals surface area contributed by atoms with Crippen LogP contribution in [0.3, 0.4) is 0 Å². The molecule has 4 heteroatoms. The molecule has 1 atom stereocenters. The van der Waals surface area contributed by atoms with Crippen LogP contribution in [0.2, 0.25) is 0 Å². The minimum atomic E-state index is 0.412. The molecule has 1 aromatic heterocycles. The summed E-state index contributed by atoms with van der Waals surface area (Å²) < 4.78 is 5.22. The monoisotopic (exact) mass is 286 g/mol. The third-order valence-electron chi connectivity index (χ3n) is 3.13. The molecule has 1 unspecified atom stereocenters. The average molecular weight is 286 g/mol. The van der Waals surface area contributed by atoms with Crippen molar-refractivity contribution in [2.45, 2.75) is 25.9 Å². The molecule has 1 aromatic carbocycles. The molecule has 0 saturated heterocycles. The first-order valence-corrected chi connectivity index (χ1v) is 7.43. The van der Waals surface area contributed by atoms with Gasteiger partial charge < -0.3 is 10.1 Å². The molecule has 0 aliphatic rings. The van der Waals surface area contributed by atoms with Crippen molar-refractivity contribution in [1.82, 2.24) is 5.32 Å². The zero-order chi connectivity index (χ0) is 14.4. The highest BCUT2D eigenvalue weighted by atomic mass is 32.1. The van der Waals surface area contributed by atoms with E-state index in [9.17, 15) is 0 Å². The van der Waals surface area contributed by atoms with Crippen LogP contribution in [0.4, 0.5) is 0 Å². The van der Waals surface area contributed by atoms with Crippen molar-refractivity contribution in [3.63, 3.8) is 0 Å². The summed E-state index contributed by atoms with van der Waals surface area (Å²) in [7, 11) is 1.59. The van der Waals surface area contributed by atoms with E-state index in [0.717, 1.165) is 18.5 Å². The topological polar surface area (TPSA) is 45.0 Å². The second-order valence-corrected chi connectivity index (χ2v) is 5.74. The molecule has 0 amide bonds. The van der Waals surface area contributed by atoms with Gasteiger partial charge in [0.25, 0.3) is 0 Å². The maximum absolute atomic E-state index is 8.96. The van der Waals surface area contributed by atoms with Crippen LogP contribution in [0.5, 0.6) is 5.75 Å².